The SMILES string of the molecule is CC1(C)C(=O)[C@]2(C(=O)O)CC[C@H]1[C@H]2Br. The Hall–Kier alpha value is -0.380. The first-order valence-corrected chi connectivity index (χ1v) is 5.69. The maximum atomic E-state index is 12.1. The van der Waals surface area contributed by atoms with Gasteiger partial charge in [0.05, 0.1) is 0 Å². The molecule has 0 aliphatic heterocycles. The van der Waals surface area contributed by atoms with E-state index in [1.165, 1.54) is 0 Å². The van der Waals surface area contributed by atoms with Crippen LogP contribution in [0.1, 0.15) is 26.7 Å². The molecule has 0 spiro atoms. The summed E-state index contributed by atoms with van der Waals surface area (Å²) in [6, 6.07) is 0. The van der Waals surface area contributed by atoms with Gasteiger partial charge in [-0.3, -0.25) is 9.59 Å². The minimum atomic E-state index is -1.14. The van der Waals surface area contributed by atoms with Gasteiger partial charge in [0.2, 0.25) is 0 Å². The average molecular weight is 261 g/mol. The number of alkyl halides is 1. The number of carbonyl (C=O) groups excluding carboxylic acids is 1. The van der Waals surface area contributed by atoms with Crippen LogP contribution in [0, 0.1) is 16.7 Å². The number of hydrogen-bond donors (Lipinski definition) is 1. The van der Waals surface area contributed by atoms with Gasteiger partial charge >= 0.3 is 5.97 Å². The Morgan fingerprint density at radius 2 is 2.14 bits per heavy atom. The van der Waals surface area contributed by atoms with Crippen molar-refractivity contribution in [3.8, 4) is 0 Å². The summed E-state index contributed by atoms with van der Waals surface area (Å²) in [6.45, 7) is 3.72. The summed E-state index contributed by atoms with van der Waals surface area (Å²) in [6.07, 6.45) is 1.33. The lowest BCUT2D eigenvalue weighted by molar-refractivity contribution is -0.155. The van der Waals surface area contributed by atoms with E-state index in [0.717, 1.165) is 6.42 Å². The average Bonchev–Trinajstić information content (AvgIpc) is 2.47. The Kier molecular flexibility index (Phi) is 1.88. The summed E-state index contributed by atoms with van der Waals surface area (Å²) >= 11 is 3.40. The van der Waals surface area contributed by atoms with Crippen LogP contribution in [0.2, 0.25) is 0 Å². The van der Waals surface area contributed by atoms with Gasteiger partial charge < -0.3 is 5.11 Å². The van der Waals surface area contributed by atoms with Crippen molar-refractivity contribution in [2.45, 2.75) is 31.5 Å². The summed E-state index contributed by atoms with van der Waals surface area (Å²) < 4.78 is 0. The van der Waals surface area contributed by atoms with Crippen LogP contribution in [0.3, 0.4) is 0 Å². The van der Waals surface area contributed by atoms with Crippen LogP contribution in [0.25, 0.3) is 0 Å². The Morgan fingerprint density at radius 1 is 1.57 bits per heavy atom. The zero-order chi connectivity index (χ0) is 10.7. The highest BCUT2D eigenvalue weighted by Gasteiger charge is 2.70. The number of Topliss-reactive ketones (excluding diaryl/α,β-unsaturated/α-hetero) is 1. The first kappa shape index (κ1) is 10.1. The molecule has 0 amide bonds. The molecule has 78 valence electrons. The molecule has 0 aromatic rings. The highest BCUT2D eigenvalue weighted by atomic mass is 79.9. The number of hydrogen-bond acceptors (Lipinski definition) is 2. The first-order valence-electron chi connectivity index (χ1n) is 4.77. The van der Waals surface area contributed by atoms with Crippen LogP contribution in [0.15, 0.2) is 0 Å². The van der Waals surface area contributed by atoms with E-state index in [1.807, 2.05) is 13.8 Å². The number of ketones is 1. The molecule has 0 radical (unpaired) electrons. The van der Waals surface area contributed by atoms with Gasteiger partial charge in [0, 0.05) is 10.2 Å². The lowest BCUT2D eigenvalue weighted by atomic mass is 9.71. The first-order chi connectivity index (χ1) is 6.35. The Morgan fingerprint density at radius 3 is 2.43 bits per heavy atom. The minimum Gasteiger partial charge on any atom is -0.480 e. The zero-order valence-corrected chi connectivity index (χ0v) is 9.80. The predicted molar refractivity (Wildman–Crippen MR) is 54.3 cm³/mol. The van der Waals surface area contributed by atoms with Gasteiger partial charge in [-0.1, -0.05) is 29.8 Å². The van der Waals surface area contributed by atoms with Crippen LogP contribution < -0.4 is 0 Å². The molecule has 3 nitrogen and oxygen atoms in total. The summed E-state index contributed by atoms with van der Waals surface area (Å²) in [5.74, 6) is -0.890. The van der Waals surface area contributed by atoms with Crippen LogP contribution in [-0.4, -0.2) is 21.7 Å². The van der Waals surface area contributed by atoms with Crippen molar-refractivity contribution >= 4 is 27.7 Å². The van der Waals surface area contributed by atoms with E-state index in [0.29, 0.717) is 6.42 Å². The number of aliphatic carboxylic acids is 1. The molecule has 2 saturated carbocycles. The molecule has 0 heterocycles. The maximum Gasteiger partial charge on any atom is 0.318 e. The van der Waals surface area contributed by atoms with Gasteiger partial charge in [0.15, 0.2) is 5.78 Å². The normalized spacial score (nSPS) is 44.4. The summed E-state index contributed by atoms with van der Waals surface area (Å²) in [5.41, 5.74) is -1.63. The third-order valence-corrected chi connectivity index (χ3v) is 5.39. The number of carbonyl (C=O) groups is 2. The smallest absolute Gasteiger partial charge is 0.318 e. The zero-order valence-electron chi connectivity index (χ0n) is 8.21. The molecule has 2 aliphatic carbocycles. The summed E-state index contributed by atoms with van der Waals surface area (Å²) in [5, 5.41) is 9.21. The third-order valence-electron chi connectivity index (χ3n) is 3.97. The fourth-order valence-electron chi connectivity index (χ4n) is 3.04. The standard InChI is InChI=1S/C10H13BrO3/c1-9(2)5-3-4-10(6(5)11,7(9)12)8(13)14/h5-6H,3-4H2,1-2H3,(H,13,14)/t5-,6+,10-/m0/s1. The molecule has 1 N–H and O–H groups in total. The molecular formula is C10H13BrO3. The van der Waals surface area contributed by atoms with Gasteiger partial charge in [-0.05, 0) is 18.8 Å². The highest BCUT2D eigenvalue weighted by Crippen LogP contribution is 2.62. The van der Waals surface area contributed by atoms with E-state index in [4.69, 9.17) is 0 Å². The van der Waals surface area contributed by atoms with Crippen molar-refractivity contribution in [3.63, 3.8) is 0 Å². The number of carboxylic acids is 1. The molecule has 3 atom stereocenters. The molecule has 4 heteroatoms. The Bertz CT molecular complexity index is 323. The van der Waals surface area contributed by atoms with Crippen molar-refractivity contribution < 1.29 is 14.7 Å². The second-order valence-corrected chi connectivity index (χ2v) is 5.86. The van der Waals surface area contributed by atoms with Crippen molar-refractivity contribution in [2.24, 2.45) is 16.7 Å². The molecule has 2 rings (SSSR count). The van der Waals surface area contributed by atoms with E-state index in [-0.39, 0.29) is 16.5 Å². The lowest BCUT2D eigenvalue weighted by Gasteiger charge is -2.30. The van der Waals surface area contributed by atoms with E-state index >= 15 is 0 Å². The van der Waals surface area contributed by atoms with E-state index in [2.05, 4.69) is 15.9 Å². The van der Waals surface area contributed by atoms with Gasteiger partial charge in [-0.2, -0.15) is 0 Å². The summed E-state index contributed by atoms with van der Waals surface area (Å²) in [7, 11) is 0. The molecule has 0 aromatic carbocycles. The molecule has 0 aromatic heterocycles. The number of halogens is 1. The van der Waals surface area contributed by atoms with Crippen molar-refractivity contribution in [1.82, 2.24) is 0 Å². The number of rotatable bonds is 1. The second kappa shape index (κ2) is 2.60. The largest absolute Gasteiger partial charge is 0.480 e. The second-order valence-electron chi connectivity index (χ2n) is 4.87. The maximum absolute atomic E-state index is 12.1. The monoisotopic (exact) mass is 260 g/mol. The molecule has 2 aliphatic rings. The topological polar surface area (TPSA) is 54.4 Å². The predicted octanol–water partition coefficient (Wildman–Crippen LogP) is 1.84. The van der Waals surface area contributed by atoms with Gasteiger partial charge in [-0.25, -0.2) is 0 Å². The van der Waals surface area contributed by atoms with Gasteiger partial charge in [0.25, 0.3) is 0 Å². The highest BCUT2D eigenvalue weighted by molar-refractivity contribution is 9.09. The third kappa shape index (κ3) is 0.835. The van der Waals surface area contributed by atoms with Crippen LogP contribution in [0.4, 0.5) is 0 Å². The number of fused-ring (bicyclic) bond motifs is 2. The molecule has 0 saturated heterocycles. The van der Waals surface area contributed by atoms with E-state index in [9.17, 15) is 14.7 Å². The van der Waals surface area contributed by atoms with Crippen LogP contribution in [0.5, 0.6) is 0 Å². The van der Waals surface area contributed by atoms with Crippen molar-refractivity contribution in [2.75, 3.05) is 0 Å². The molecule has 2 bridgehead atoms. The van der Waals surface area contributed by atoms with Crippen molar-refractivity contribution in [3.05, 3.63) is 0 Å². The lowest BCUT2D eigenvalue weighted by Crippen LogP contribution is -2.43. The Balaban J connectivity index is 2.55. The van der Waals surface area contributed by atoms with Crippen molar-refractivity contribution in [1.29, 1.82) is 0 Å². The van der Waals surface area contributed by atoms with Crippen LogP contribution in [-0.2, 0) is 9.59 Å². The van der Waals surface area contributed by atoms with E-state index in [1.54, 1.807) is 0 Å². The van der Waals surface area contributed by atoms with Gasteiger partial charge in [0.1, 0.15) is 5.41 Å². The molecule has 2 fully saturated rings. The summed E-state index contributed by atoms with van der Waals surface area (Å²) in [4.78, 5) is 23.1. The van der Waals surface area contributed by atoms with E-state index < -0.39 is 16.8 Å². The molecule has 14 heavy (non-hydrogen) atoms. The fraction of sp³-hybridized carbons (Fsp3) is 0.800. The van der Waals surface area contributed by atoms with Gasteiger partial charge in [-0.15, -0.1) is 0 Å². The molecule has 0 unspecified atom stereocenters. The number of carboxylic acid groups (broad SMARTS) is 1. The fourth-order valence-corrected chi connectivity index (χ4v) is 4.60. The Labute approximate surface area is 91.0 Å². The molecular weight excluding hydrogens is 248 g/mol. The quantitative estimate of drug-likeness (QED) is 0.578. The van der Waals surface area contributed by atoms with Crippen LogP contribution >= 0.6 is 15.9 Å². The minimum absolute atomic E-state index is 0.101.